The molecule has 24 heavy (non-hydrogen) atoms. The molecule has 2 N–H and O–H groups in total. The van der Waals surface area contributed by atoms with Crippen LogP contribution in [-0.4, -0.2) is 34.2 Å². The minimum absolute atomic E-state index is 0.0771. The maximum absolute atomic E-state index is 12.6. The van der Waals surface area contributed by atoms with Gasteiger partial charge >= 0.3 is 0 Å². The van der Waals surface area contributed by atoms with Crippen LogP contribution in [0.5, 0.6) is 0 Å². The van der Waals surface area contributed by atoms with Crippen LogP contribution >= 0.6 is 11.3 Å². The number of hydrogen-bond donors (Lipinski definition) is 1. The fourth-order valence-corrected chi connectivity index (χ4v) is 6.75. The van der Waals surface area contributed by atoms with Crippen LogP contribution in [0, 0.1) is 0 Å². The average molecular weight is 387 g/mol. The van der Waals surface area contributed by atoms with Gasteiger partial charge in [0.2, 0.25) is 19.9 Å². The van der Waals surface area contributed by atoms with E-state index in [-0.39, 0.29) is 20.5 Å². The van der Waals surface area contributed by atoms with E-state index < -0.39 is 19.9 Å². The molecule has 0 amide bonds. The maximum atomic E-state index is 12.6. The molecule has 0 spiro atoms. The SMILES string of the molecule is NCc1ccc(S(=O)(=O)c2ccc(S(=O)(=O)N3CCCC3)cc2)s1. The first kappa shape index (κ1) is 17.6. The summed E-state index contributed by atoms with van der Waals surface area (Å²) in [5, 5.41) is 0. The fourth-order valence-electron chi connectivity index (χ4n) is 2.60. The largest absolute Gasteiger partial charge is 0.326 e. The van der Waals surface area contributed by atoms with Gasteiger partial charge in [0.25, 0.3) is 0 Å². The maximum Gasteiger partial charge on any atom is 0.243 e. The smallest absolute Gasteiger partial charge is 0.243 e. The summed E-state index contributed by atoms with van der Waals surface area (Å²) in [5.74, 6) is 0. The van der Waals surface area contributed by atoms with Crippen molar-refractivity contribution in [2.45, 2.75) is 33.4 Å². The van der Waals surface area contributed by atoms with Gasteiger partial charge < -0.3 is 5.73 Å². The van der Waals surface area contributed by atoms with Gasteiger partial charge in [-0.05, 0) is 49.2 Å². The number of nitrogens with zero attached hydrogens (tertiary/aromatic N) is 1. The summed E-state index contributed by atoms with van der Waals surface area (Å²) in [5.41, 5.74) is 5.52. The highest BCUT2D eigenvalue weighted by atomic mass is 32.2. The highest BCUT2D eigenvalue weighted by molar-refractivity contribution is 7.93. The van der Waals surface area contributed by atoms with Crippen molar-refractivity contribution in [1.82, 2.24) is 4.31 Å². The number of benzene rings is 1. The molecule has 1 aromatic carbocycles. The number of sulfonamides is 1. The Kier molecular flexibility index (Phi) is 4.80. The van der Waals surface area contributed by atoms with Gasteiger partial charge in [0.05, 0.1) is 9.79 Å². The molecule has 0 atom stereocenters. The molecule has 2 heterocycles. The molecule has 0 saturated carbocycles. The molecule has 9 heteroatoms. The first-order chi connectivity index (χ1) is 11.4. The second-order valence-electron chi connectivity index (χ2n) is 5.51. The molecule has 0 bridgehead atoms. The molecule has 2 aromatic rings. The molecule has 0 radical (unpaired) electrons. The van der Waals surface area contributed by atoms with Crippen LogP contribution in [0.25, 0.3) is 0 Å². The number of hydrogen-bond acceptors (Lipinski definition) is 6. The van der Waals surface area contributed by atoms with Crippen molar-refractivity contribution in [3.05, 3.63) is 41.3 Å². The quantitative estimate of drug-likeness (QED) is 0.845. The van der Waals surface area contributed by atoms with Crippen molar-refractivity contribution in [3.8, 4) is 0 Å². The van der Waals surface area contributed by atoms with Crippen molar-refractivity contribution in [3.63, 3.8) is 0 Å². The van der Waals surface area contributed by atoms with Crippen LogP contribution in [0.3, 0.4) is 0 Å². The van der Waals surface area contributed by atoms with Gasteiger partial charge in [-0.3, -0.25) is 0 Å². The van der Waals surface area contributed by atoms with Crippen LogP contribution < -0.4 is 5.73 Å². The number of sulfone groups is 1. The topological polar surface area (TPSA) is 97.5 Å². The van der Waals surface area contributed by atoms with Gasteiger partial charge in [-0.25, -0.2) is 16.8 Å². The van der Waals surface area contributed by atoms with Gasteiger partial charge in [0.1, 0.15) is 4.21 Å². The molecular weight excluding hydrogens is 368 g/mol. The molecule has 1 fully saturated rings. The van der Waals surface area contributed by atoms with Gasteiger partial charge in [-0.15, -0.1) is 11.3 Å². The summed E-state index contributed by atoms with van der Waals surface area (Å²) in [6.07, 6.45) is 1.71. The van der Waals surface area contributed by atoms with Crippen LogP contribution in [0.4, 0.5) is 0 Å². The summed E-state index contributed by atoms with van der Waals surface area (Å²) < 4.78 is 51.8. The van der Waals surface area contributed by atoms with Crippen molar-refractivity contribution in [2.24, 2.45) is 5.73 Å². The lowest BCUT2D eigenvalue weighted by Crippen LogP contribution is -2.27. The summed E-state index contributed by atoms with van der Waals surface area (Å²) in [6.45, 7) is 1.31. The van der Waals surface area contributed by atoms with Crippen LogP contribution in [0.2, 0.25) is 0 Å². The highest BCUT2D eigenvalue weighted by Gasteiger charge is 2.28. The summed E-state index contributed by atoms with van der Waals surface area (Å²) in [7, 11) is -7.20. The molecule has 1 saturated heterocycles. The highest BCUT2D eigenvalue weighted by Crippen LogP contribution is 2.29. The van der Waals surface area contributed by atoms with E-state index in [1.807, 2.05) is 0 Å². The second kappa shape index (κ2) is 6.57. The molecule has 1 aromatic heterocycles. The van der Waals surface area contributed by atoms with Crippen molar-refractivity contribution < 1.29 is 16.8 Å². The van der Waals surface area contributed by atoms with Crippen LogP contribution in [-0.2, 0) is 26.4 Å². The Hall–Kier alpha value is -1.26. The Morgan fingerprint density at radius 1 is 0.917 bits per heavy atom. The summed E-state index contributed by atoms with van der Waals surface area (Å²) >= 11 is 1.13. The summed E-state index contributed by atoms with van der Waals surface area (Å²) in [4.78, 5) is 0.979. The monoisotopic (exact) mass is 386 g/mol. The van der Waals surface area contributed by atoms with Crippen molar-refractivity contribution >= 4 is 31.2 Å². The Morgan fingerprint density at radius 2 is 1.50 bits per heavy atom. The predicted octanol–water partition coefficient (Wildman–Crippen LogP) is 1.82. The number of thiophene rings is 1. The zero-order valence-electron chi connectivity index (χ0n) is 12.9. The van der Waals surface area contributed by atoms with E-state index in [1.54, 1.807) is 6.07 Å². The molecule has 1 aliphatic rings. The normalized spacial score (nSPS) is 16.5. The zero-order valence-corrected chi connectivity index (χ0v) is 15.3. The minimum atomic E-state index is -3.65. The van der Waals surface area contributed by atoms with Crippen LogP contribution in [0.15, 0.2) is 50.4 Å². The lowest BCUT2D eigenvalue weighted by Gasteiger charge is -2.15. The van der Waals surface area contributed by atoms with E-state index in [4.69, 9.17) is 5.73 Å². The molecule has 0 unspecified atom stereocenters. The van der Waals surface area contributed by atoms with Gasteiger partial charge in [0, 0.05) is 24.5 Å². The van der Waals surface area contributed by atoms with Crippen molar-refractivity contribution in [2.75, 3.05) is 13.1 Å². The van der Waals surface area contributed by atoms with E-state index in [2.05, 4.69) is 0 Å². The summed E-state index contributed by atoms with van der Waals surface area (Å²) in [6, 6.07) is 8.62. The number of rotatable bonds is 5. The molecule has 6 nitrogen and oxygen atoms in total. The van der Waals surface area contributed by atoms with Gasteiger partial charge in [-0.1, -0.05) is 0 Å². The van der Waals surface area contributed by atoms with E-state index in [9.17, 15) is 16.8 Å². The standard InChI is InChI=1S/C15H18N2O4S3/c16-11-12-3-8-15(22-12)23(18,19)13-4-6-14(7-5-13)24(20,21)17-9-1-2-10-17/h3-8H,1-2,9-11,16H2. The third-order valence-corrected chi connectivity index (χ3v) is 9.22. The average Bonchev–Trinajstić information content (AvgIpc) is 3.26. The molecular formula is C15H18N2O4S3. The Bertz CT molecular complexity index is 925. The molecule has 130 valence electrons. The first-order valence-electron chi connectivity index (χ1n) is 7.50. The van der Waals surface area contributed by atoms with E-state index in [1.165, 1.54) is 34.6 Å². The van der Waals surface area contributed by atoms with Crippen molar-refractivity contribution in [1.29, 1.82) is 0 Å². The van der Waals surface area contributed by atoms with Gasteiger partial charge in [0.15, 0.2) is 0 Å². The number of nitrogens with two attached hydrogens (primary N) is 1. The third-order valence-electron chi connectivity index (χ3n) is 3.94. The van der Waals surface area contributed by atoms with E-state index in [0.29, 0.717) is 13.1 Å². The first-order valence-corrected chi connectivity index (χ1v) is 11.2. The van der Waals surface area contributed by atoms with E-state index in [0.717, 1.165) is 29.1 Å². The Morgan fingerprint density at radius 3 is 2.04 bits per heavy atom. The zero-order chi connectivity index (χ0) is 17.4. The molecule has 0 aliphatic carbocycles. The Balaban J connectivity index is 1.91. The van der Waals surface area contributed by atoms with E-state index >= 15 is 0 Å². The minimum Gasteiger partial charge on any atom is -0.326 e. The Labute approximate surface area is 145 Å². The van der Waals surface area contributed by atoms with Crippen LogP contribution in [0.1, 0.15) is 17.7 Å². The predicted molar refractivity (Wildman–Crippen MR) is 92.1 cm³/mol. The molecule has 1 aliphatic heterocycles. The fraction of sp³-hybridized carbons (Fsp3) is 0.333. The lowest BCUT2D eigenvalue weighted by atomic mass is 10.4. The molecule has 3 rings (SSSR count). The second-order valence-corrected chi connectivity index (χ2v) is 10.8. The third kappa shape index (κ3) is 3.14. The van der Waals surface area contributed by atoms with Gasteiger partial charge in [-0.2, -0.15) is 4.31 Å². The lowest BCUT2D eigenvalue weighted by molar-refractivity contribution is 0.477.